The lowest BCUT2D eigenvalue weighted by molar-refractivity contribution is -0.119. The molecule has 0 heterocycles. The minimum atomic E-state index is -2.31. The number of carbonyl (C=O) groups excluding carboxylic acids is 1. The van der Waals surface area contributed by atoms with Gasteiger partial charge in [0.25, 0.3) is 0 Å². The van der Waals surface area contributed by atoms with Crippen LogP contribution >= 0.6 is 0 Å². The Bertz CT molecular complexity index is 258. The minimum Gasteiger partial charge on any atom is -0.354 e. The van der Waals surface area contributed by atoms with Gasteiger partial charge in [0.05, 0.1) is 1.37 Å². The van der Waals surface area contributed by atoms with Crippen LogP contribution in [0.25, 0.3) is 0 Å². The smallest absolute Gasteiger partial charge is 0.217 e. The second-order valence-electron chi connectivity index (χ2n) is 2.34. The van der Waals surface area contributed by atoms with Gasteiger partial charge < -0.3 is 5.31 Å². The molecule has 1 N–H and O–H groups in total. The normalized spacial score (nSPS) is 26.2. The highest BCUT2D eigenvalue weighted by Gasteiger charge is 2.04. The van der Waals surface area contributed by atoms with Crippen molar-refractivity contribution in [3.05, 3.63) is 0 Å². The van der Waals surface area contributed by atoms with E-state index in [0.717, 1.165) is 13.8 Å². The van der Waals surface area contributed by atoms with Gasteiger partial charge in [0.2, 0.25) is 5.91 Å². The van der Waals surface area contributed by atoms with Crippen molar-refractivity contribution in [3.8, 4) is 0 Å². The average molecular weight is 148 g/mol. The van der Waals surface area contributed by atoms with Crippen LogP contribution < -0.4 is 5.31 Å². The third-order valence-electron chi connectivity index (χ3n) is 0.756. The second-order valence-corrected chi connectivity index (χ2v) is 2.34. The molecule has 0 saturated carbocycles. The minimum absolute atomic E-state index is 0.267. The topological polar surface area (TPSA) is 29.1 Å². The Balaban J connectivity index is 5.28. The van der Waals surface area contributed by atoms with Crippen molar-refractivity contribution in [1.29, 1.82) is 0 Å². The van der Waals surface area contributed by atoms with E-state index in [0.29, 0.717) is 0 Å². The first kappa shape index (κ1) is 3.74. The van der Waals surface area contributed by atoms with Crippen molar-refractivity contribution in [2.24, 2.45) is 5.89 Å². The van der Waals surface area contributed by atoms with Crippen LogP contribution in [0.4, 0.5) is 0 Å². The zero-order valence-electron chi connectivity index (χ0n) is 11.9. The molecule has 0 aromatic heterocycles. The van der Waals surface area contributed by atoms with Crippen molar-refractivity contribution >= 4 is 5.91 Å². The summed E-state index contributed by atoms with van der Waals surface area (Å²) >= 11 is 0. The van der Waals surface area contributed by atoms with Gasteiger partial charge in [-0.25, -0.2) is 0 Å². The van der Waals surface area contributed by atoms with Crippen LogP contribution in [0, 0.1) is 5.89 Å². The molecule has 0 spiro atoms. The van der Waals surface area contributed by atoms with Crippen LogP contribution in [0.15, 0.2) is 0 Å². The van der Waals surface area contributed by atoms with Gasteiger partial charge in [0.1, 0.15) is 0 Å². The number of hydrogen-bond donors (Lipinski definition) is 1. The molecular formula is C8H17NO. The molecule has 0 rings (SSSR count). The summed E-state index contributed by atoms with van der Waals surface area (Å²) in [5, 5.41) is 0.267. The second kappa shape index (κ2) is 4.31. The fourth-order valence-electron chi connectivity index (χ4n) is 0.626. The lowest BCUT2D eigenvalue weighted by Gasteiger charge is -2.13. The van der Waals surface area contributed by atoms with E-state index in [2.05, 4.69) is 0 Å². The monoisotopic (exact) mass is 148 g/mol. The molecule has 0 fully saturated rings. The summed E-state index contributed by atoms with van der Waals surface area (Å²) in [6.45, 7) is 4.84. The standard InChI is InChI=1S/C8H17NO/c1-6(2)5-7(3)9-8(4)10/h6-7H,5H2,1-4H3,(H,9,10)/t7-/m0/s1/i5D2,6D,7D/hD. The van der Waals surface area contributed by atoms with Gasteiger partial charge in [-0.2, -0.15) is 0 Å². The Morgan fingerprint density at radius 1 is 1.80 bits per heavy atom. The van der Waals surface area contributed by atoms with Crippen LogP contribution in [0.3, 0.4) is 0 Å². The number of rotatable bonds is 3. The Hall–Kier alpha value is -0.530. The molecule has 0 aliphatic carbocycles. The molecule has 0 saturated heterocycles. The summed E-state index contributed by atoms with van der Waals surface area (Å²) in [6.07, 6.45) is -2.31. The Morgan fingerprint density at radius 3 is 2.60 bits per heavy atom. The number of carbonyl (C=O) groups is 1. The number of nitrogens with one attached hydrogen (secondary N) is 1. The van der Waals surface area contributed by atoms with Crippen LogP contribution in [-0.2, 0) is 4.79 Å². The lowest BCUT2D eigenvalue weighted by Crippen LogP contribution is -2.31. The summed E-state index contributed by atoms with van der Waals surface area (Å²) in [5.74, 6) is -2.29. The largest absolute Gasteiger partial charge is 0.354 e. The molecule has 0 aromatic rings. The Morgan fingerprint density at radius 2 is 2.30 bits per heavy atom. The van der Waals surface area contributed by atoms with E-state index >= 15 is 0 Å². The first-order valence-corrected chi connectivity index (χ1v) is 3.15. The van der Waals surface area contributed by atoms with Crippen molar-refractivity contribution < 1.29 is 11.7 Å². The predicted molar refractivity (Wildman–Crippen MR) is 42.7 cm³/mol. The van der Waals surface area contributed by atoms with Crippen LogP contribution in [0.1, 0.15) is 39.6 Å². The van der Waals surface area contributed by atoms with E-state index in [1.807, 2.05) is 0 Å². The molecule has 2 nitrogen and oxygen atoms in total. The predicted octanol–water partition coefficient (Wildman–Crippen LogP) is 1.56. The van der Waals surface area contributed by atoms with Crippen LogP contribution in [0.5, 0.6) is 0 Å². The molecular weight excluding hydrogens is 126 g/mol. The fourth-order valence-corrected chi connectivity index (χ4v) is 0.626. The van der Waals surface area contributed by atoms with Crippen molar-refractivity contribution in [3.63, 3.8) is 0 Å². The zero-order valence-corrected chi connectivity index (χ0v) is 6.86. The summed E-state index contributed by atoms with van der Waals surface area (Å²) < 4.78 is 38.1. The Labute approximate surface area is 70.1 Å². The van der Waals surface area contributed by atoms with Gasteiger partial charge in [-0.3, -0.25) is 4.79 Å². The van der Waals surface area contributed by atoms with E-state index in [-0.39, 0.29) is 5.31 Å². The molecule has 0 aliphatic rings. The molecule has 1 atom stereocenters. The maximum Gasteiger partial charge on any atom is 0.217 e. The molecule has 60 valence electrons. The third-order valence-corrected chi connectivity index (χ3v) is 0.756. The highest BCUT2D eigenvalue weighted by molar-refractivity contribution is 5.73. The van der Waals surface area contributed by atoms with Gasteiger partial charge in [-0.05, 0) is 19.2 Å². The highest BCUT2D eigenvalue weighted by atomic mass is 16.1. The molecule has 0 aromatic carbocycles. The Kier molecular flexibility index (Phi) is 1.61. The first-order valence-electron chi connectivity index (χ1n) is 5.60. The van der Waals surface area contributed by atoms with E-state index < -0.39 is 24.2 Å². The van der Waals surface area contributed by atoms with Gasteiger partial charge >= 0.3 is 0 Å². The molecule has 0 bridgehead atoms. The molecule has 2 heteroatoms. The molecule has 10 heavy (non-hydrogen) atoms. The number of hydrogen-bond acceptors (Lipinski definition) is 1. The lowest BCUT2D eigenvalue weighted by atomic mass is 10.1. The van der Waals surface area contributed by atoms with Crippen LogP contribution in [-0.4, -0.2) is 11.9 Å². The molecule has 0 unspecified atom stereocenters. The van der Waals surface area contributed by atoms with E-state index in [1.54, 1.807) is 0 Å². The summed E-state index contributed by atoms with van der Waals surface area (Å²) in [7, 11) is 0. The number of amides is 1. The maximum atomic E-state index is 11.0. The quantitative estimate of drug-likeness (QED) is 0.646. The summed E-state index contributed by atoms with van der Waals surface area (Å²) in [5.41, 5.74) is 0. The SMILES string of the molecule is [2H]N(C(C)=O)[C@@]([2H])(C)C([2H])([2H])C([2H])(C)C. The first-order chi connectivity index (χ1) is 6.35. The van der Waals surface area contributed by atoms with Gasteiger partial charge in [-0.1, -0.05) is 13.8 Å². The van der Waals surface area contributed by atoms with E-state index in [1.165, 1.54) is 13.8 Å². The molecule has 0 radical (unpaired) electrons. The zero-order chi connectivity index (χ0) is 12.7. The maximum absolute atomic E-state index is 11.0. The average Bonchev–Trinajstić information content (AvgIpc) is 2.00. The van der Waals surface area contributed by atoms with Gasteiger partial charge in [0.15, 0.2) is 1.41 Å². The summed E-state index contributed by atoms with van der Waals surface area (Å²) in [6, 6.07) is -2.09. The van der Waals surface area contributed by atoms with Gasteiger partial charge in [-0.15, -0.1) is 0 Å². The highest BCUT2D eigenvalue weighted by Crippen LogP contribution is 2.02. The van der Waals surface area contributed by atoms with Crippen molar-refractivity contribution in [2.75, 3.05) is 0 Å². The van der Waals surface area contributed by atoms with Crippen LogP contribution in [0.2, 0.25) is 1.41 Å². The van der Waals surface area contributed by atoms with Crippen molar-refractivity contribution in [1.82, 2.24) is 5.31 Å². The van der Waals surface area contributed by atoms with E-state index in [9.17, 15) is 4.79 Å². The molecule has 1 amide bonds. The summed E-state index contributed by atoms with van der Waals surface area (Å²) in [4.78, 5) is 11.0. The fraction of sp³-hybridized carbons (Fsp3) is 0.875. The van der Waals surface area contributed by atoms with Gasteiger partial charge in [0, 0.05) is 17.1 Å². The molecule has 0 aliphatic heterocycles. The van der Waals surface area contributed by atoms with Crippen molar-refractivity contribution in [2.45, 2.75) is 40.1 Å². The van der Waals surface area contributed by atoms with E-state index in [4.69, 9.17) is 6.89 Å². The third kappa shape index (κ3) is 5.60.